The van der Waals surface area contributed by atoms with E-state index in [2.05, 4.69) is 10.1 Å². The molecular formula is C12H15F3N2OS. The molecule has 0 spiro atoms. The molecule has 0 unspecified atom stereocenters. The Labute approximate surface area is 115 Å². The SMILES string of the molecule is CN(C)C(=S)Nc1ccc(COCC(F)(F)F)cc1. The lowest BCUT2D eigenvalue weighted by Gasteiger charge is -2.15. The first-order chi connectivity index (χ1) is 8.78. The maximum Gasteiger partial charge on any atom is 0.411 e. The van der Waals surface area contributed by atoms with Crippen LogP contribution in [0.2, 0.25) is 0 Å². The van der Waals surface area contributed by atoms with E-state index in [-0.39, 0.29) is 6.61 Å². The second-order valence-corrected chi connectivity index (χ2v) is 4.52. The molecule has 106 valence electrons. The zero-order valence-corrected chi connectivity index (χ0v) is 11.4. The molecule has 0 aliphatic rings. The molecule has 0 aliphatic carbocycles. The highest BCUT2D eigenvalue weighted by Gasteiger charge is 2.27. The molecule has 0 amide bonds. The maximum atomic E-state index is 11.9. The third-order valence-electron chi connectivity index (χ3n) is 2.15. The van der Waals surface area contributed by atoms with E-state index in [1.807, 2.05) is 14.1 Å². The first-order valence-electron chi connectivity index (χ1n) is 5.49. The van der Waals surface area contributed by atoms with Crippen LogP contribution in [0.15, 0.2) is 24.3 Å². The van der Waals surface area contributed by atoms with E-state index in [4.69, 9.17) is 12.2 Å². The highest BCUT2D eigenvalue weighted by atomic mass is 32.1. The number of halogens is 3. The molecule has 0 aliphatic heterocycles. The van der Waals surface area contributed by atoms with Crippen LogP contribution in [-0.4, -0.2) is 36.9 Å². The molecule has 0 bridgehead atoms. The third-order valence-corrected chi connectivity index (χ3v) is 2.61. The highest BCUT2D eigenvalue weighted by molar-refractivity contribution is 7.80. The molecule has 1 aromatic carbocycles. The van der Waals surface area contributed by atoms with Crippen molar-refractivity contribution in [3.63, 3.8) is 0 Å². The van der Waals surface area contributed by atoms with Crippen LogP contribution in [0, 0.1) is 0 Å². The van der Waals surface area contributed by atoms with Crippen LogP contribution in [0.25, 0.3) is 0 Å². The number of hydrogen-bond donors (Lipinski definition) is 1. The molecule has 0 fully saturated rings. The van der Waals surface area contributed by atoms with Gasteiger partial charge in [0, 0.05) is 19.8 Å². The van der Waals surface area contributed by atoms with Crippen molar-refractivity contribution in [3.8, 4) is 0 Å². The number of thiocarbonyl (C=S) groups is 1. The first kappa shape index (κ1) is 15.7. The van der Waals surface area contributed by atoms with Gasteiger partial charge in [0.05, 0.1) is 6.61 Å². The Morgan fingerprint density at radius 3 is 2.32 bits per heavy atom. The molecule has 0 saturated carbocycles. The van der Waals surface area contributed by atoms with Gasteiger partial charge in [-0.25, -0.2) is 0 Å². The molecule has 1 N–H and O–H groups in total. The van der Waals surface area contributed by atoms with Gasteiger partial charge in [-0.3, -0.25) is 0 Å². The monoisotopic (exact) mass is 292 g/mol. The fourth-order valence-electron chi connectivity index (χ4n) is 1.20. The Bertz CT molecular complexity index is 418. The summed E-state index contributed by atoms with van der Waals surface area (Å²) >= 11 is 5.07. The minimum Gasteiger partial charge on any atom is -0.367 e. The first-order valence-corrected chi connectivity index (χ1v) is 5.90. The van der Waals surface area contributed by atoms with Crippen molar-refractivity contribution in [2.45, 2.75) is 12.8 Å². The Morgan fingerprint density at radius 2 is 1.84 bits per heavy atom. The van der Waals surface area contributed by atoms with E-state index in [9.17, 15) is 13.2 Å². The van der Waals surface area contributed by atoms with Crippen molar-refractivity contribution in [1.29, 1.82) is 0 Å². The maximum absolute atomic E-state index is 11.9. The Morgan fingerprint density at radius 1 is 1.26 bits per heavy atom. The molecule has 0 saturated heterocycles. The number of hydrogen-bond acceptors (Lipinski definition) is 2. The van der Waals surface area contributed by atoms with Gasteiger partial charge in [0.1, 0.15) is 6.61 Å². The third kappa shape index (κ3) is 6.40. The van der Waals surface area contributed by atoms with Gasteiger partial charge in [0.15, 0.2) is 5.11 Å². The van der Waals surface area contributed by atoms with Gasteiger partial charge in [0.2, 0.25) is 0 Å². The lowest BCUT2D eigenvalue weighted by Crippen LogP contribution is -2.26. The highest BCUT2D eigenvalue weighted by Crippen LogP contribution is 2.16. The van der Waals surface area contributed by atoms with Crippen molar-refractivity contribution in [2.24, 2.45) is 0 Å². The summed E-state index contributed by atoms with van der Waals surface area (Å²) in [4.78, 5) is 1.75. The smallest absolute Gasteiger partial charge is 0.367 e. The molecule has 0 heterocycles. The van der Waals surface area contributed by atoms with Crippen LogP contribution >= 0.6 is 12.2 Å². The van der Waals surface area contributed by atoms with Crippen molar-refractivity contribution in [2.75, 3.05) is 26.0 Å². The summed E-state index contributed by atoms with van der Waals surface area (Å²) in [6, 6.07) is 6.86. The zero-order valence-electron chi connectivity index (χ0n) is 10.6. The molecule has 0 radical (unpaired) electrons. The van der Waals surface area contributed by atoms with E-state index in [0.29, 0.717) is 10.7 Å². The van der Waals surface area contributed by atoms with E-state index in [0.717, 1.165) is 5.69 Å². The molecule has 0 aromatic heterocycles. The van der Waals surface area contributed by atoms with Crippen molar-refractivity contribution in [1.82, 2.24) is 4.90 Å². The summed E-state index contributed by atoms with van der Waals surface area (Å²) in [6.07, 6.45) is -4.29. The van der Waals surface area contributed by atoms with Gasteiger partial charge in [-0.15, -0.1) is 0 Å². The fourth-order valence-corrected chi connectivity index (χ4v) is 1.32. The average Bonchev–Trinajstić information content (AvgIpc) is 2.29. The molecule has 1 rings (SSSR count). The van der Waals surface area contributed by atoms with E-state index in [1.165, 1.54) is 0 Å². The quantitative estimate of drug-likeness (QED) is 0.862. The lowest BCUT2D eigenvalue weighted by molar-refractivity contribution is -0.176. The molecule has 1 aromatic rings. The predicted molar refractivity (Wildman–Crippen MR) is 72.1 cm³/mol. The van der Waals surface area contributed by atoms with Crippen LogP contribution in [0.1, 0.15) is 5.56 Å². The minimum absolute atomic E-state index is 0.0715. The zero-order chi connectivity index (χ0) is 14.5. The van der Waals surface area contributed by atoms with E-state index in [1.54, 1.807) is 29.2 Å². The van der Waals surface area contributed by atoms with Crippen LogP contribution in [-0.2, 0) is 11.3 Å². The van der Waals surface area contributed by atoms with Crippen LogP contribution in [0.5, 0.6) is 0 Å². The minimum atomic E-state index is -4.29. The largest absolute Gasteiger partial charge is 0.411 e. The Kier molecular flexibility index (Phi) is 5.56. The Balaban J connectivity index is 2.46. The average molecular weight is 292 g/mol. The molecule has 7 heteroatoms. The van der Waals surface area contributed by atoms with Crippen LogP contribution in [0.4, 0.5) is 18.9 Å². The Hall–Kier alpha value is -1.34. The molecular weight excluding hydrogens is 277 g/mol. The van der Waals surface area contributed by atoms with E-state index >= 15 is 0 Å². The predicted octanol–water partition coefficient (Wildman–Crippen LogP) is 3.02. The van der Waals surface area contributed by atoms with Crippen LogP contribution in [0.3, 0.4) is 0 Å². The number of nitrogens with zero attached hydrogens (tertiary/aromatic N) is 1. The van der Waals surface area contributed by atoms with Gasteiger partial charge in [-0.05, 0) is 29.9 Å². The number of rotatable bonds is 4. The lowest BCUT2D eigenvalue weighted by atomic mass is 10.2. The van der Waals surface area contributed by atoms with Crippen LogP contribution < -0.4 is 5.32 Å². The number of anilines is 1. The standard InChI is InChI=1S/C12H15F3N2OS/c1-17(2)11(19)16-10-5-3-9(4-6-10)7-18-8-12(13,14)15/h3-6H,7-8H2,1-2H3,(H,16,19). The summed E-state index contributed by atoms with van der Waals surface area (Å²) in [5.41, 5.74) is 1.45. The summed E-state index contributed by atoms with van der Waals surface area (Å²) < 4.78 is 40.2. The van der Waals surface area contributed by atoms with Crippen molar-refractivity contribution >= 4 is 23.0 Å². The number of nitrogens with one attached hydrogen (secondary N) is 1. The number of alkyl halides is 3. The number of ether oxygens (including phenoxy) is 1. The molecule has 19 heavy (non-hydrogen) atoms. The number of benzene rings is 1. The van der Waals surface area contributed by atoms with Gasteiger partial charge in [-0.2, -0.15) is 13.2 Å². The van der Waals surface area contributed by atoms with E-state index < -0.39 is 12.8 Å². The fraction of sp³-hybridized carbons (Fsp3) is 0.417. The summed E-state index contributed by atoms with van der Waals surface area (Å²) in [7, 11) is 3.63. The topological polar surface area (TPSA) is 24.5 Å². The molecule has 0 atom stereocenters. The van der Waals surface area contributed by atoms with Crippen molar-refractivity contribution in [3.05, 3.63) is 29.8 Å². The summed E-state index contributed by atoms with van der Waals surface area (Å²) in [5.74, 6) is 0. The summed E-state index contributed by atoms with van der Waals surface area (Å²) in [5, 5.41) is 3.54. The van der Waals surface area contributed by atoms with Gasteiger partial charge in [0.25, 0.3) is 0 Å². The van der Waals surface area contributed by atoms with Gasteiger partial charge < -0.3 is 15.0 Å². The van der Waals surface area contributed by atoms with Gasteiger partial charge in [-0.1, -0.05) is 12.1 Å². The molecule has 3 nitrogen and oxygen atoms in total. The second-order valence-electron chi connectivity index (χ2n) is 4.13. The van der Waals surface area contributed by atoms with Gasteiger partial charge >= 0.3 is 6.18 Å². The normalized spacial score (nSPS) is 11.2. The summed E-state index contributed by atoms with van der Waals surface area (Å²) in [6.45, 7) is -1.31. The van der Waals surface area contributed by atoms with Crippen molar-refractivity contribution < 1.29 is 17.9 Å². The second kappa shape index (κ2) is 6.72.